The first-order valence-electron chi connectivity index (χ1n) is 2.10. The van der Waals surface area contributed by atoms with Gasteiger partial charge in [-0.25, -0.2) is 6.92 Å². The number of aromatic amines is 1. The molecule has 9 heavy (non-hydrogen) atoms. The van der Waals surface area contributed by atoms with E-state index in [9.17, 15) is 0 Å². The van der Waals surface area contributed by atoms with Crippen LogP contribution in [0.3, 0.4) is 0 Å². The Hall–Kier alpha value is 0.206. The van der Waals surface area contributed by atoms with Crippen molar-refractivity contribution in [3.8, 4) is 6.07 Å². The number of nitrogens with zero attached hydrogens (tertiary/aromatic N) is 2. The van der Waals surface area contributed by atoms with Gasteiger partial charge in [0.25, 0.3) is 0 Å². The summed E-state index contributed by atoms with van der Waals surface area (Å²) in [6, 6.07) is 1.84. The number of aromatic nitrogens is 2. The number of nitriles is 1. The Morgan fingerprint density at radius 3 is 2.67 bits per heavy atom. The van der Waals surface area contributed by atoms with Crippen molar-refractivity contribution in [2.45, 2.75) is 0 Å². The Balaban J connectivity index is 0.000000640. The fraction of sp³-hybridized carbons (Fsp3) is 0. The van der Waals surface area contributed by atoms with Crippen LogP contribution in [-0.4, -0.2) is 9.97 Å². The van der Waals surface area contributed by atoms with Gasteiger partial charge < -0.3 is 9.97 Å². The fourth-order valence-corrected chi connectivity index (χ4v) is 0.416. The molecule has 0 aromatic carbocycles. The molecule has 0 bridgehead atoms. The van der Waals surface area contributed by atoms with Crippen LogP contribution in [0.2, 0.25) is 0 Å². The summed E-state index contributed by atoms with van der Waals surface area (Å²) >= 11 is 0. The van der Waals surface area contributed by atoms with Gasteiger partial charge in [-0.3, -0.25) is 0 Å². The second kappa shape index (κ2) is 4.09. The average Bonchev–Trinajstić information content (AvgIpc) is 2.14. The predicted octanol–water partition coefficient (Wildman–Crippen LogP) is -2.53. The van der Waals surface area contributed by atoms with Gasteiger partial charge in [0.15, 0.2) is 5.82 Å². The number of nitrogens with one attached hydrogen (secondary N) is 1. The van der Waals surface area contributed by atoms with E-state index in [0.29, 0.717) is 11.5 Å². The number of hydrogen-bond donors (Lipinski definition) is 1. The molecule has 1 rings (SSSR count). The van der Waals surface area contributed by atoms with Crippen molar-refractivity contribution in [1.29, 1.82) is 5.26 Å². The Kier molecular flexibility index (Phi) is 4.18. The molecule has 0 atom stereocenters. The number of hydrogen-bond acceptors (Lipinski definition) is 2. The van der Waals surface area contributed by atoms with Crippen molar-refractivity contribution < 1.29 is 51.4 Å². The minimum atomic E-state index is 0. The SMILES string of the molecule is [CH2-]c1cnc(C#N)[nH]1.[K+]. The zero-order chi connectivity index (χ0) is 5.98. The first kappa shape index (κ1) is 9.21. The van der Waals surface area contributed by atoms with Gasteiger partial charge in [-0.1, -0.05) is 6.20 Å². The van der Waals surface area contributed by atoms with E-state index >= 15 is 0 Å². The molecule has 40 valence electrons. The molecule has 1 N–H and O–H groups in total. The maximum atomic E-state index is 8.18. The van der Waals surface area contributed by atoms with E-state index in [1.54, 1.807) is 0 Å². The van der Waals surface area contributed by atoms with Gasteiger partial charge >= 0.3 is 51.4 Å². The van der Waals surface area contributed by atoms with Crippen LogP contribution in [0, 0.1) is 18.3 Å². The molecule has 0 saturated heterocycles. The van der Waals surface area contributed by atoms with Crippen LogP contribution in [0.5, 0.6) is 0 Å². The van der Waals surface area contributed by atoms with E-state index in [-0.39, 0.29) is 51.4 Å². The second-order valence-electron chi connectivity index (χ2n) is 1.37. The summed E-state index contributed by atoms with van der Waals surface area (Å²) in [6.45, 7) is 3.52. The molecule has 1 heterocycles. The van der Waals surface area contributed by atoms with E-state index in [2.05, 4.69) is 16.9 Å². The topological polar surface area (TPSA) is 52.5 Å². The Bertz CT molecular complexity index is 222. The Morgan fingerprint density at radius 1 is 1.78 bits per heavy atom. The first-order valence-corrected chi connectivity index (χ1v) is 2.10. The Morgan fingerprint density at radius 2 is 2.44 bits per heavy atom. The molecule has 3 nitrogen and oxygen atoms in total. The molecular formula is C5H4KN3. The fourth-order valence-electron chi connectivity index (χ4n) is 0.416. The molecule has 0 fully saturated rings. The molecule has 1 aromatic heterocycles. The van der Waals surface area contributed by atoms with Gasteiger partial charge in [-0.05, 0) is 0 Å². The van der Waals surface area contributed by atoms with Crippen molar-refractivity contribution in [2.24, 2.45) is 0 Å². The van der Waals surface area contributed by atoms with Crippen LogP contribution >= 0.6 is 0 Å². The van der Waals surface area contributed by atoms with Gasteiger partial charge in [-0.2, -0.15) is 5.26 Å². The van der Waals surface area contributed by atoms with Crippen LogP contribution in [-0.2, 0) is 0 Å². The van der Waals surface area contributed by atoms with Gasteiger partial charge in [0, 0.05) is 0 Å². The molecule has 0 spiro atoms. The minimum absolute atomic E-state index is 0. The smallest absolute Gasteiger partial charge is 0.366 e. The maximum Gasteiger partial charge on any atom is 1.00 e. The molecular weight excluding hydrogens is 141 g/mol. The third kappa shape index (κ3) is 2.52. The minimum Gasteiger partial charge on any atom is -0.366 e. The van der Waals surface area contributed by atoms with Crippen LogP contribution in [0.15, 0.2) is 6.20 Å². The predicted molar refractivity (Wildman–Crippen MR) is 27.8 cm³/mol. The number of H-pyrrole nitrogens is 1. The second-order valence-corrected chi connectivity index (χ2v) is 1.37. The van der Waals surface area contributed by atoms with E-state index in [1.165, 1.54) is 6.20 Å². The van der Waals surface area contributed by atoms with E-state index in [1.807, 2.05) is 6.07 Å². The molecule has 4 heteroatoms. The third-order valence-corrected chi connectivity index (χ3v) is 0.734. The van der Waals surface area contributed by atoms with E-state index in [4.69, 9.17) is 5.26 Å². The van der Waals surface area contributed by atoms with Crippen LogP contribution in [0.25, 0.3) is 0 Å². The Labute approximate surface area is 95.9 Å². The van der Waals surface area contributed by atoms with Gasteiger partial charge in [0.1, 0.15) is 6.07 Å². The summed E-state index contributed by atoms with van der Waals surface area (Å²) in [7, 11) is 0. The van der Waals surface area contributed by atoms with E-state index < -0.39 is 0 Å². The summed E-state index contributed by atoms with van der Waals surface area (Å²) in [5.41, 5.74) is 0.668. The quantitative estimate of drug-likeness (QED) is 0.323. The first-order chi connectivity index (χ1) is 3.83. The van der Waals surface area contributed by atoms with Crippen molar-refractivity contribution in [3.63, 3.8) is 0 Å². The molecule has 0 amide bonds. The number of imidazole rings is 1. The summed E-state index contributed by atoms with van der Waals surface area (Å²) in [5, 5.41) is 8.18. The average molecular weight is 145 g/mol. The zero-order valence-electron chi connectivity index (χ0n) is 5.18. The molecule has 0 radical (unpaired) electrons. The van der Waals surface area contributed by atoms with Crippen LogP contribution < -0.4 is 51.4 Å². The molecule has 0 aliphatic heterocycles. The molecule has 0 unspecified atom stereocenters. The van der Waals surface area contributed by atoms with E-state index in [0.717, 1.165) is 0 Å². The zero-order valence-corrected chi connectivity index (χ0v) is 8.30. The third-order valence-electron chi connectivity index (χ3n) is 0.734. The number of rotatable bonds is 0. The largest absolute Gasteiger partial charge is 1.00 e. The summed E-state index contributed by atoms with van der Waals surface area (Å²) in [6.07, 6.45) is 1.51. The van der Waals surface area contributed by atoms with Crippen molar-refractivity contribution >= 4 is 0 Å². The summed E-state index contributed by atoms with van der Waals surface area (Å²) in [4.78, 5) is 6.30. The summed E-state index contributed by atoms with van der Waals surface area (Å²) in [5.74, 6) is 0.315. The monoisotopic (exact) mass is 145 g/mol. The molecule has 0 saturated carbocycles. The normalized spacial score (nSPS) is 7.44. The van der Waals surface area contributed by atoms with Crippen LogP contribution in [0.4, 0.5) is 0 Å². The maximum absolute atomic E-state index is 8.18. The molecule has 1 aromatic rings. The van der Waals surface area contributed by atoms with Crippen molar-refractivity contribution in [1.82, 2.24) is 9.97 Å². The van der Waals surface area contributed by atoms with Gasteiger partial charge in [0.2, 0.25) is 0 Å². The van der Waals surface area contributed by atoms with Gasteiger partial charge in [0.05, 0.1) is 0 Å². The standard InChI is InChI=1S/C5H4N3.K/c1-4-3-7-5(2-6)8-4;/h3H,1H2,(H,7,8);/q-1;+1. The van der Waals surface area contributed by atoms with Crippen molar-refractivity contribution in [2.75, 3.05) is 0 Å². The molecule has 0 aliphatic rings. The molecule has 0 aliphatic carbocycles. The van der Waals surface area contributed by atoms with Crippen LogP contribution in [0.1, 0.15) is 11.5 Å². The summed E-state index contributed by atoms with van der Waals surface area (Å²) < 4.78 is 0. The van der Waals surface area contributed by atoms with Gasteiger partial charge in [-0.15, -0.1) is 5.69 Å². The van der Waals surface area contributed by atoms with Crippen molar-refractivity contribution in [3.05, 3.63) is 24.6 Å².